The van der Waals surface area contributed by atoms with Crippen LogP contribution in [0, 0.1) is 5.92 Å². The van der Waals surface area contributed by atoms with Crippen LogP contribution in [-0.4, -0.2) is 46.9 Å². The maximum absolute atomic E-state index is 12.9. The Kier molecular flexibility index (Phi) is 6.10. The van der Waals surface area contributed by atoms with Gasteiger partial charge in [-0.2, -0.15) is 0 Å². The van der Waals surface area contributed by atoms with E-state index >= 15 is 0 Å². The van der Waals surface area contributed by atoms with Crippen molar-refractivity contribution in [1.29, 1.82) is 0 Å². The Morgan fingerprint density at radius 3 is 2.84 bits per heavy atom. The molecule has 5 nitrogen and oxygen atoms in total. The zero-order chi connectivity index (χ0) is 17.6. The van der Waals surface area contributed by atoms with E-state index in [1.165, 1.54) is 11.1 Å². The molecule has 0 spiro atoms. The fraction of sp³-hybridized carbons (Fsp3) is 0.550. The molecule has 3 rings (SSSR count). The number of hydrogen-bond acceptors (Lipinski definition) is 3. The molecule has 3 N–H and O–H groups in total. The van der Waals surface area contributed by atoms with Crippen molar-refractivity contribution < 1.29 is 15.0 Å². The van der Waals surface area contributed by atoms with Crippen LogP contribution in [0.15, 0.2) is 36.4 Å². The monoisotopic (exact) mass is 344 g/mol. The van der Waals surface area contributed by atoms with E-state index in [-0.39, 0.29) is 37.2 Å². The number of hydrogen-bond donors (Lipinski definition) is 3. The van der Waals surface area contributed by atoms with E-state index in [1.807, 2.05) is 23.1 Å². The molecule has 2 aliphatic carbocycles. The Balaban J connectivity index is 1.74. The van der Waals surface area contributed by atoms with Crippen LogP contribution >= 0.6 is 0 Å². The molecule has 0 saturated heterocycles. The molecular formula is C20H28N2O3. The first-order chi connectivity index (χ1) is 12.2. The summed E-state index contributed by atoms with van der Waals surface area (Å²) >= 11 is 0. The first-order valence-corrected chi connectivity index (χ1v) is 9.28. The predicted molar refractivity (Wildman–Crippen MR) is 97.2 cm³/mol. The highest BCUT2D eigenvalue weighted by Gasteiger charge is 2.30. The van der Waals surface area contributed by atoms with Crippen LogP contribution in [0.25, 0.3) is 0 Å². The van der Waals surface area contributed by atoms with Gasteiger partial charge in [-0.1, -0.05) is 36.4 Å². The molecule has 0 saturated carbocycles. The summed E-state index contributed by atoms with van der Waals surface area (Å²) in [6, 6.07) is 8.31. The summed E-state index contributed by atoms with van der Waals surface area (Å²) in [6.07, 6.45) is 8.35. The van der Waals surface area contributed by atoms with Gasteiger partial charge in [0.1, 0.15) is 0 Å². The molecule has 136 valence electrons. The predicted octanol–water partition coefficient (Wildman–Crippen LogP) is 2.40. The van der Waals surface area contributed by atoms with E-state index in [0.717, 1.165) is 25.7 Å². The number of carbonyl (C=O) groups excluding carboxylic acids is 1. The molecule has 5 heteroatoms. The van der Waals surface area contributed by atoms with Crippen molar-refractivity contribution >= 4 is 6.03 Å². The highest BCUT2D eigenvalue weighted by molar-refractivity contribution is 5.75. The summed E-state index contributed by atoms with van der Waals surface area (Å²) in [4.78, 5) is 14.8. The van der Waals surface area contributed by atoms with Crippen molar-refractivity contribution in [2.75, 3.05) is 19.8 Å². The molecule has 1 aromatic rings. The second-order valence-electron chi connectivity index (χ2n) is 7.00. The number of urea groups is 1. The highest BCUT2D eigenvalue weighted by atomic mass is 16.3. The van der Waals surface area contributed by atoms with Gasteiger partial charge >= 0.3 is 6.03 Å². The van der Waals surface area contributed by atoms with Crippen LogP contribution < -0.4 is 5.32 Å². The van der Waals surface area contributed by atoms with Crippen LogP contribution in [0.5, 0.6) is 0 Å². The van der Waals surface area contributed by atoms with E-state index in [9.17, 15) is 15.0 Å². The van der Waals surface area contributed by atoms with Crippen LogP contribution in [0.4, 0.5) is 4.79 Å². The smallest absolute Gasteiger partial charge is 0.318 e. The first-order valence-electron chi connectivity index (χ1n) is 9.28. The van der Waals surface area contributed by atoms with Gasteiger partial charge in [-0.3, -0.25) is 0 Å². The maximum Gasteiger partial charge on any atom is 0.318 e. The number of aryl methyl sites for hydroxylation is 1. The van der Waals surface area contributed by atoms with E-state index in [4.69, 9.17) is 0 Å². The lowest BCUT2D eigenvalue weighted by Crippen LogP contribution is -2.47. The summed E-state index contributed by atoms with van der Waals surface area (Å²) < 4.78 is 0. The Bertz CT molecular complexity index is 617. The van der Waals surface area contributed by atoms with Crippen molar-refractivity contribution in [2.45, 2.75) is 44.2 Å². The zero-order valence-corrected chi connectivity index (χ0v) is 14.6. The molecule has 1 unspecified atom stereocenters. The Labute approximate surface area is 149 Å². The Morgan fingerprint density at radius 2 is 2.08 bits per heavy atom. The highest BCUT2D eigenvalue weighted by Crippen LogP contribution is 2.34. The minimum Gasteiger partial charge on any atom is -0.396 e. The SMILES string of the molecule is O=C(N[C@@H]1C=C[C@H](CO)C1)N(CCCO)C1CCCc2ccccc21. The number of amides is 2. The van der Waals surface area contributed by atoms with Crippen LogP contribution in [0.1, 0.15) is 42.9 Å². The number of aliphatic hydroxyl groups is 2. The maximum atomic E-state index is 12.9. The Morgan fingerprint density at radius 1 is 1.24 bits per heavy atom. The van der Waals surface area contributed by atoms with Gasteiger partial charge in [0, 0.05) is 31.7 Å². The molecule has 1 aromatic carbocycles. The molecule has 2 aliphatic rings. The van der Waals surface area contributed by atoms with Gasteiger partial charge in [-0.25, -0.2) is 4.79 Å². The standard InChI is InChI=1S/C20H28N2O3/c23-12-4-11-22(20(25)21-17-10-9-15(13-17)14-24)19-8-3-6-16-5-1-2-7-18(16)19/h1-2,5,7,9-10,15,17,19,23-24H,3-4,6,8,11-14H2,(H,21,25)/t15-,17+,19?/m0/s1. The van der Waals surface area contributed by atoms with Gasteiger partial charge in [-0.05, 0) is 43.2 Å². The van der Waals surface area contributed by atoms with Crippen LogP contribution in [0.2, 0.25) is 0 Å². The average molecular weight is 344 g/mol. The van der Waals surface area contributed by atoms with Crippen molar-refractivity contribution in [1.82, 2.24) is 10.2 Å². The molecule has 0 aromatic heterocycles. The lowest BCUT2D eigenvalue weighted by molar-refractivity contribution is 0.155. The average Bonchev–Trinajstić information content (AvgIpc) is 3.09. The largest absolute Gasteiger partial charge is 0.396 e. The van der Waals surface area contributed by atoms with E-state index < -0.39 is 0 Å². The molecule has 0 radical (unpaired) electrons. The van der Waals surface area contributed by atoms with Crippen LogP contribution in [-0.2, 0) is 6.42 Å². The van der Waals surface area contributed by atoms with Crippen molar-refractivity contribution in [3.05, 3.63) is 47.5 Å². The number of benzene rings is 1. The van der Waals surface area contributed by atoms with E-state index in [0.29, 0.717) is 13.0 Å². The fourth-order valence-electron chi connectivity index (χ4n) is 3.95. The minimum absolute atomic E-state index is 0.0277. The molecular weight excluding hydrogens is 316 g/mol. The molecule has 0 aliphatic heterocycles. The second-order valence-corrected chi connectivity index (χ2v) is 7.00. The van der Waals surface area contributed by atoms with Gasteiger partial charge in [0.15, 0.2) is 0 Å². The van der Waals surface area contributed by atoms with Gasteiger partial charge in [0.2, 0.25) is 0 Å². The molecule has 25 heavy (non-hydrogen) atoms. The number of aliphatic hydroxyl groups excluding tert-OH is 2. The molecule has 0 bridgehead atoms. The van der Waals surface area contributed by atoms with Crippen molar-refractivity contribution in [3.8, 4) is 0 Å². The van der Waals surface area contributed by atoms with Gasteiger partial charge in [0.05, 0.1) is 6.04 Å². The number of carbonyl (C=O) groups is 1. The quantitative estimate of drug-likeness (QED) is 0.694. The van der Waals surface area contributed by atoms with Crippen LogP contribution in [0.3, 0.4) is 0 Å². The van der Waals surface area contributed by atoms with Gasteiger partial charge in [0.25, 0.3) is 0 Å². The minimum atomic E-state index is -0.0802. The van der Waals surface area contributed by atoms with Gasteiger partial charge in [-0.15, -0.1) is 0 Å². The lowest BCUT2D eigenvalue weighted by Gasteiger charge is -2.36. The van der Waals surface area contributed by atoms with Crippen molar-refractivity contribution in [3.63, 3.8) is 0 Å². The molecule has 0 fully saturated rings. The molecule has 2 amide bonds. The third-order valence-electron chi connectivity index (χ3n) is 5.25. The summed E-state index contributed by atoms with van der Waals surface area (Å²) in [6.45, 7) is 0.738. The van der Waals surface area contributed by atoms with E-state index in [1.54, 1.807) is 0 Å². The van der Waals surface area contributed by atoms with Gasteiger partial charge < -0.3 is 20.4 Å². The molecule has 3 atom stereocenters. The summed E-state index contributed by atoms with van der Waals surface area (Å²) in [5, 5.41) is 21.6. The number of rotatable bonds is 6. The summed E-state index contributed by atoms with van der Waals surface area (Å²) in [7, 11) is 0. The summed E-state index contributed by atoms with van der Waals surface area (Å²) in [5.41, 5.74) is 2.55. The zero-order valence-electron chi connectivity index (χ0n) is 14.6. The number of nitrogens with one attached hydrogen (secondary N) is 1. The third kappa shape index (κ3) is 4.22. The number of fused-ring (bicyclic) bond motifs is 1. The van der Waals surface area contributed by atoms with E-state index in [2.05, 4.69) is 23.5 Å². The summed E-state index contributed by atoms with van der Waals surface area (Å²) in [5.74, 6) is 0.131. The Hall–Kier alpha value is -1.85. The third-order valence-corrected chi connectivity index (χ3v) is 5.25. The lowest BCUT2D eigenvalue weighted by atomic mass is 9.87. The second kappa shape index (κ2) is 8.50. The first kappa shape index (κ1) is 18.0. The van der Waals surface area contributed by atoms with Crippen molar-refractivity contribution in [2.24, 2.45) is 5.92 Å². The fourth-order valence-corrected chi connectivity index (χ4v) is 3.95. The normalized spacial score (nSPS) is 24.8. The number of nitrogens with zero attached hydrogens (tertiary/aromatic N) is 1. The topological polar surface area (TPSA) is 72.8 Å². The molecule has 0 heterocycles.